The number of aryl methyl sites for hydroxylation is 1. The zero-order valence-electron chi connectivity index (χ0n) is 8.77. The van der Waals surface area contributed by atoms with E-state index in [4.69, 9.17) is 12.2 Å². The molecule has 1 aliphatic carbocycles. The SMILES string of the molecule is FC(F)(F)CCc1nc(=S)c(Br)c(C2CC2)[nH]1. The predicted octanol–water partition coefficient (Wildman–Crippen LogP) is 4.27. The van der Waals surface area contributed by atoms with E-state index in [2.05, 4.69) is 25.9 Å². The van der Waals surface area contributed by atoms with E-state index in [1.165, 1.54) is 0 Å². The number of hydrogen-bond donors (Lipinski definition) is 1. The minimum Gasteiger partial charge on any atom is -0.346 e. The Labute approximate surface area is 110 Å². The van der Waals surface area contributed by atoms with E-state index < -0.39 is 12.6 Å². The van der Waals surface area contributed by atoms with Gasteiger partial charge in [-0.3, -0.25) is 0 Å². The van der Waals surface area contributed by atoms with Crippen molar-refractivity contribution in [3.8, 4) is 0 Å². The van der Waals surface area contributed by atoms with Gasteiger partial charge in [-0.05, 0) is 28.8 Å². The first-order chi connectivity index (χ1) is 7.87. The average molecular weight is 327 g/mol. The Morgan fingerprint density at radius 2 is 2.06 bits per heavy atom. The Hall–Kier alpha value is -0.430. The fraction of sp³-hybridized carbons (Fsp3) is 0.600. The molecular weight excluding hydrogens is 317 g/mol. The Balaban J connectivity index is 2.21. The molecule has 0 aliphatic heterocycles. The van der Waals surface area contributed by atoms with Crippen molar-refractivity contribution < 1.29 is 13.2 Å². The average Bonchev–Trinajstić information content (AvgIpc) is 3.02. The molecule has 0 unspecified atom stereocenters. The number of rotatable bonds is 3. The molecule has 7 heteroatoms. The molecule has 1 N–H and O–H groups in total. The molecule has 0 radical (unpaired) electrons. The molecule has 2 rings (SSSR count). The number of alkyl halides is 3. The molecule has 1 aromatic heterocycles. The van der Waals surface area contributed by atoms with Crippen LogP contribution in [0.15, 0.2) is 4.47 Å². The third-order valence-corrected chi connectivity index (χ3v) is 3.93. The van der Waals surface area contributed by atoms with Gasteiger partial charge in [0.25, 0.3) is 0 Å². The molecule has 1 fully saturated rings. The van der Waals surface area contributed by atoms with Crippen LogP contribution in [-0.4, -0.2) is 16.1 Å². The molecule has 0 bridgehead atoms. The van der Waals surface area contributed by atoms with Crippen molar-refractivity contribution >= 4 is 28.1 Å². The summed E-state index contributed by atoms with van der Waals surface area (Å²) in [5.41, 5.74) is 0.891. The van der Waals surface area contributed by atoms with Crippen molar-refractivity contribution in [3.05, 3.63) is 20.6 Å². The van der Waals surface area contributed by atoms with Gasteiger partial charge in [-0.1, -0.05) is 12.2 Å². The molecule has 94 valence electrons. The number of nitrogens with one attached hydrogen (secondary N) is 1. The minimum absolute atomic E-state index is 0.153. The maximum Gasteiger partial charge on any atom is 0.389 e. The smallest absolute Gasteiger partial charge is 0.346 e. The molecule has 0 amide bonds. The third kappa shape index (κ3) is 3.51. The first kappa shape index (κ1) is 13.0. The van der Waals surface area contributed by atoms with Crippen molar-refractivity contribution in [1.29, 1.82) is 0 Å². The van der Waals surface area contributed by atoms with E-state index in [1.54, 1.807) is 0 Å². The lowest BCUT2D eigenvalue weighted by atomic mass is 10.2. The lowest BCUT2D eigenvalue weighted by molar-refractivity contribution is -0.134. The summed E-state index contributed by atoms with van der Waals surface area (Å²) in [5.74, 6) is 0.705. The molecular formula is C10H10BrF3N2S. The summed E-state index contributed by atoms with van der Waals surface area (Å²) in [6, 6.07) is 0. The van der Waals surface area contributed by atoms with Gasteiger partial charge in [-0.25, -0.2) is 4.98 Å². The van der Waals surface area contributed by atoms with Gasteiger partial charge in [0.15, 0.2) is 0 Å². The largest absolute Gasteiger partial charge is 0.389 e. The Bertz CT molecular complexity index is 479. The highest BCUT2D eigenvalue weighted by Gasteiger charge is 2.29. The highest BCUT2D eigenvalue weighted by atomic mass is 79.9. The van der Waals surface area contributed by atoms with E-state index in [9.17, 15) is 13.2 Å². The fourth-order valence-electron chi connectivity index (χ4n) is 1.56. The summed E-state index contributed by atoms with van der Waals surface area (Å²) in [6.07, 6.45) is -3.10. The molecule has 0 saturated heterocycles. The molecule has 0 atom stereocenters. The fourth-order valence-corrected chi connectivity index (χ4v) is 2.29. The minimum atomic E-state index is -4.16. The van der Waals surface area contributed by atoms with E-state index in [-0.39, 0.29) is 6.42 Å². The zero-order chi connectivity index (χ0) is 12.6. The second-order valence-corrected chi connectivity index (χ2v) is 5.29. The summed E-state index contributed by atoms with van der Waals surface area (Å²) in [4.78, 5) is 6.92. The molecule has 1 aromatic rings. The molecule has 1 saturated carbocycles. The van der Waals surface area contributed by atoms with Crippen LogP contribution in [0.1, 0.15) is 36.7 Å². The van der Waals surface area contributed by atoms with Crippen LogP contribution in [0.5, 0.6) is 0 Å². The summed E-state index contributed by atoms with van der Waals surface area (Å²) in [5, 5.41) is 0. The van der Waals surface area contributed by atoms with Gasteiger partial charge < -0.3 is 4.98 Å². The van der Waals surface area contributed by atoms with Gasteiger partial charge in [0.05, 0.1) is 10.9 Å². The monoisotopic (exact) mass is 326 g/mol. The second-order valence-electron chi connectivity index (χ2n) is 4.11. The quantitative estimate of drug-likeness (QED) is 0.840. The first-order valence-electron chi connectivity index (χ1n) is 5.22. The van der Waals surface area contributed by atoms with Crippen LogP contribution in [0, 0.1) is 4.64 Å². The Morgan fingerprint density at radius 1 is 1.41 bits per heavy atom. The maximum atomic E-state index is 12.1. The number of aromatic nitrogens is 2. The summed E-state index contributed by atoms with van der Waals surface area (Å²) in [7, 11) is 0. The maximum absolute atomic E-state index is 12.1. The lowest BCUT2D eigenvalue weighted by Crippen LogP contribution is -2.11. The summed E-state index contributed by atoms with van der Waals surface area (Å²) >= 11 is 8.35. The van der Waals surface area contributed by atoms with Gasteiger partial charge in [-0.2, -0.15) is 13.2 Å². The normalized spacial score (nSPS) is 16.2. The van der Waals surface area contributed by atoms with Crippen LogP contribution >= 0.6 is 28.1 Å². The number of nitrogens with zero attached hydrogens (tertiary/aromatic N) is 1. The van der Waals surface area contributed by atoms with Crippen LogP contribution in [0.4, 0.5) is 13.2 Å². The predicted molar refractivity (Wildman–Crippen MR) is 63.5 cm³/mol. The van der Waals surface area contributed by atoms with E-state index in [0.717, 1.165) is 18.5 Å². The topological polar surface area (TPSA) is 28.7 Å². The highest BCUT2D eigenvalue weighted by Crippen LogP contribution is 2.42. The first-order valence-corrected chi connectivity index (χ1v) is 6.42. The number of hydrogen-bond acceptors (Lipinski definition) is 2. The molecule has 1 aliphatic rings. The van der Waals surface area contributed by atoms with E-state index in [0.29, 0.717) is 20.9 Å². The van der Waals surface area contributed by atoms with Crippen molar-refractivity contribution in [1.82, 2.24) is 9.97 Å². The third-order valence-electron chi connectivity index (χ3n) is 2.57. The van der Waals surface area contributed by atoms with E-state index in [1.807, 2.05) is 0 Å². The van der Waals surface area contributed by atoms with Crippen molar-refractivity contribution in [2.75, 3.05) is 0 Å². The van der Waals surface area contributed by atoms with Gasteiger partial charge in [0.2, 0.25) is 0 Å². The number of H-pyrrole nitrogens is 1. The van der Waals surface area contributed by atoms with Gasteiger partial charge in [-0.15, -0.1) is 0 Å². The summed E-state index contributed by atoms with van der Waals surface area (Å²) in [6.45, 7) is 0. The standard InChI is InChI=1S/C10H10BrF3N2S/c11-7-8(5-1-2-5)15-6(16-9(7)17)3-4-10(12,13)14/h5H,1-4H2,(H,15,16,17). The number of halogens is 4. The highest BCUT2D eigenvalue weighted by molar-refractivity contribution is 9.10. The van der Waals surface area contributed by atoms with Gasteiger partial charge in [0.1, 0.15) is 10.5 Å². The van der Waals surface area contributed by atoms with E-state index >= 15 is 0 Å². The Morgan fingerprint density at radius 3 is 2.59 bits per heavy atom. The molecule has 2 nitrogen and oxygen atoms in total. The van der Waals surface area contributed by atoms with Crippen molar-refractivity contribution in [3.63, 3.8) is 0 Å². The second kappa shape index (κ2) is 4.68. The van der Waals surface area contributed by atoms with Crippen molar-refractivity contribution in [2.24, 2.45) is 0 Å². The van der Waals surface area contributed by atoms with Crippen LogP contribution in [-0.2, 0) is 6.42 Å². The number of aromatic amines is 1. The lowest BCUT2D eigenvalue weighted by Gasteiger charge is -2.09. The van der Waals surface area contributed by atoms with Crippen LogP contribution in [0.25, 0.3) is 0 Å². The van der Waals surface area contributed by atoms with Crippen LogP contribution < -0.4 is 0 Å². The van der Waals surface area contributed by atoms with Gasteiger partial charge >= 0.3 is 6.18 Å². The van der Waals surface area contributed by atoms with Crippen LogP contribution in [0.2, 0.25) is 0 Å². The Kier molecular flexibility index (Phi) is 3.58. The molecule has 0 spiro atoms. The van der Waals surface area contributed by atoms with Crippen LogP contribution in [0.3, 0.4) is 0 Å². The molecule has 17 heavy (non-hydrogen) atoms. The molecule has 0 aromatic carbocycles. The zero-order valence-corrected chi connectivity index (χ0v) is 11.2. The summed E-state index contributed by atoms with van der Waals surface area (Å²) < 4.78 is 37.4. The van der Waals surface area contributed by atoms with Gasteiger partial charge in [0, 0.05) is 18.0 Å². The van der Waals surface area contributed by atoms with Crippen molar-refractivity contribution in [2.45, 2.75) is 37.8 Å². The molecule has 1 heterocycles.